The Labute approximate surface area is 154 Å². The maximum absolute atomic E-state index is 11.8. The minimum Gasteiger partial charge on any atom is -0.494 e. The fourth-order valence-corrected chi connectivity index (χ4v) is 2.78. The van der Waals surface area contributed by atoms with E-state index in [0.29, 0.717) is 17.2 Å². The van der Waals surface area contributed by atoms with E-state index >= 15 is 0 Å². The lowest BCUT2D eigenvalue weighted by molar-refractivity contribution is 0.0602. The first-order valence-electron chi connectivity index (χ1n) is 8.32. The van der Waals surface area contributed by atoms with Crippen LogP contribution in [0.15, 0.2) is 36.4 Å². The average Bonchev–Trinajstić information content (AvgIpc) is 2.57. The van der Waals surface area contributed by atoms with Gasteiger partial charge in [0.1, 0.15) is 5.75 Å². The second-order valence-corrected chi connectivity index (χ2v) is 6.42. The van der Waals surface area contributed by atoms with E-state index in [1.807, 2.05) is 12.1 Å². The molecule has 134 valence electrons. The lowest BCUT2D eigenvalue weighted by atomic mass is 10.1. The highest BCUT2D eigenvalue weighted by molar-refractivity contribution is 6.31. The van der Waals surface area contributed by atoms with E-state index < -0.39 is 5.97 Å². The summed E-state index contributed by atoms with van der Waals surface area (Å²) in [4.78, 5) is 11.8. The number of hydrogen-bond acceptors (Lipinski definition) is 4. The summed E-state index contributed by atoms with van der Waals surface area (Å²) in [6, 6.07) is 11.4. The van der Waals surface area contributed by atoms with Gasteiger partial charge in [-0.25, -0.2) is 4.79 Å². The van der Waals surface area contributed by atoms with Gasteiger partial charge >= 0.3 is 5.97 Å². The van der Waals surface area contributed by atoms with Crippen molar-refractivity contribution in [1.29, 1.82) is 0 Å². The van der Waals surface area contributed by atoms with Crippen molar-refractivity contribution in [2.45, 2.75) is 26.7 Å². The Morgan fingerprint density at radius 3 is 2.48 bits per heavy atom. The van der Waals surface area contributed by atoms with E-state index in [1.165, 1.54) is 18.2 Å². The second-order valence-electron chi connectivity index (χ2n) is 5.99. The molecule has 25 heavy (non-hydrogen) atoms. The summed E-state index contributed by atoms with van der Waals surface area (Å²) in [6.45, 7) is 5.53. The predicted octanol–water partition coefficient (Wildman–Crippen LogP) is 5.01. The molecule has 0 fully saturated rings. The van der Waals surface area contributed by atoms with Crippen LogP contribution in [0.4, 0.5) is 5.69 Å². The first kappa shape index (κ1) is 19.1. The third-order valence-corrected chi connectivity index (χ3v) is 3.97. The van der Waals surface area contributed by atoms with Crippen molar-refractivity contribution in [3.8, 4) is 5.75 Å². The van der Waals surface area contributed by atoms with Gasteiger partial charge in [-0.1, -0.05) is 17.7 Å². The van der Waals surface area contributed by atoms with Gasteiger partial charge in [-0.2, -0.15) is 0 Å². The number of hydrogen-bond donors (Lipinski definition) is 1. The van der Waals surface area contributed by atoms with Crippen molar-refractivity contribution >= 4 is 23.3 Å². The highest BCUT2D eigenvalue weighted by atomic mass is 35.5. The van der Waals surface area contributed by atoms with Gasteiger partial charge in [-0.05, 0) is 68.1 Å². The molecule has 0 atom stereocenters. The van der Waals surface area contributed by atoms with Crippen LogP contribution in [0.3, 0.4) is 0 Å². The molecule has 2 aromatic rings. The fraction of sp³-hybridized carbons (Fsp3) is 0.350. The summed E-state index contributed by atoms with van der Waals surface area (Å²) in [5, 5.41) is 3.76. The molecule has 0 amide bonds. The molecule has 5 heteroatoms. The first-order chi connectivity index (χ1) is 12.0. The van der Waals surface area contributed by atoms with Crippen molar-refractivity contribution in [2.75, 3.05) is 25.6 Å². The number of carbonyl (C=O) groups is 1. The quantitative estimate of drug-likeness (QED) is 0.530. The van der Waals surface area contributed by atoms with Crippen LogP contribution >= 0.6 is 11.6 Å². The van der Waals surface area contributed by atoms with Crippen LogP contribution in [-0.2, 0) is 4.74 Å². The molecule has 0 bridgehead atoms. The molecule has 0 aromatic heterocycles. The number of nitrogens with one attached hydrogen (secondary N) is 1. The average molecular weight is 362 g/mol. The zero-order valence-corrected chi connectivity index (χ0v) is 15.7. The Bertz CT molecular complexity index is 711. The lowest BCUT2D eigenvalue weighted by Gasteiger charge is -2.12. The summed E-state index contributed by atoms with van der Waals surface area (Å²) in [6.07, 6.45) is 1.84. The second kappa shape index (κ2) is 9.33. The van der Waals surface area contributed by atoms with E-state index in [9.17, 15) is 4.79 Å². The van der Waals surface area contributed by atoms with Gasteiger partial charge in [-0.15, -0.1) is 0 Å². The number of methoxy groups -OCH3 is 1. The summed E-state index contributed by atoms with van der Waals surface area (Å²) in [5.74, 6) is 0.513. The fourth-order valence-electron chi connectivity index (χ4n) is 2.61. The summed E-state index contributed by atoms with van der Waals surface area (Å²) in [5.41, 5.74) is 3.58. The number of carbonyl (C=O) groups excluding carboxylic acids is 1. The Kier molecular flexibility index (Phi) is 7.14. The highest BCUT2D eigenvalue weighted by Crippen LogP contribution is 2.21. The van der Waals surface area contributed by atoms with Crippen LogP contribution in [0.2, 0.25) is 5.02 Å². The zero-order chi connectivity index (χ0) is 18.2. The number of anilines is 1. The molecular weight excluding hydrogens is 338 g/mol. The number of unbranched alkanes of at least 4 members (excludes halogenated alkanes) is 1. The molecule has 0 unspecified atom stereocenters. The SMILES string of the molecule is COC(=O)c1cc(Cl)ccc1NCCCCOc1cc(C)cc(C)c1. The van der Waals surface area contributed by atoms with Crippen molar-refractivity contribution in [3.63, 3.8) is 0 Å². The number of rotatable bonds is 8. The molecule has 0 heterocycles. The maximum atomic E-state index is 11.8. The molecular formula is C20H24ClNO3. The highest BCUT2D eigenvalue weighted by Gasteiger charge is 2.12. The molecule has 2 aromatic carbocycles. The molecule has 0 spiro atoms. The van der Waals surface area contributed by atoms with Crippen LogP contribution in [0.25, 0.3) is 0 Å². The lowest BCUT2D eigenvalue weighted by Crippen LogP contribution is -2.10. The molecule has 2 rings (SSSR count). The van der Waals surface area contributed by atoms with Crippen LogP contribution in [-0.4, -0.2) is 26.2 Å². The Balaban J connectivity index is 1.77. The van der Waals surface area contributed by atoms with Gasteiger partial charge in [0, 0.05) is 17.3 Å². The molecule has 4 nitrogen and oxygen atoms in total. The number of halogens is 1. The monoisotopic (exact) mass is 361 g/mol. The van der Waals surface area contributed by atoms with Gasteiger partial charge < -0.3 is 14.8 Å². The van der Waals surface area contributed by atoms with E-state index in [1.54, 1.807) is 18.2 Å². The Hall–Kier alpha value is -2.20. The van der Waals surface area contributed by atoms with Crippen LogP contribution < -0.4 is 10.1 Å². The summed E-state index contributed by atoms with van der Waals surface area (Å²) < 4.78 is 10.6. The van der Waals surface area contributed by atoms with Crippen molar-refractivity contribution in [2.24, 2.45) is 0 Å². The molecule has 0 saturated carbocycles. The minimum atomic E-state index is -0.400. The predicted molar refractivity (Wildman–Crippen MR) is 102 cm³/mol. The topological polar surface area (TPSA) is 47.6 Å². The van der Waals surface area contributed by atoms with Gasteiger partial charge in [0.25, 0.3) is 0 Å². The third-order valence-electron chi connectivity index (χ3n) is 3.74. The van der Waals surface area contributed by atoms with Gasteiger partial charge in [0.15, 0.2) is 0 Å². The van der Waals surface area contributed by atoms with Gasteiger partial charge in [0.2, 0.25) is 0 Å². The molecule has 0 aliphatic carbocycles. The van der Waals surface area contributed by atoms with Gasteiger partial charge in [0.05, 0.1) is 19.3 Å². The molecule has 0 aliphatic heterocycles. The molecule has 0 radical (unpaired) electrons. The van der Waals surface area contributed by atoms with E-state index in [2.05, 4.69) is 25.2 Å². The summed E-state index contributed by atoms with van der Waals surface area (Å²) in [7, 11) is 1.36. The molecule has 0 saturated heterocycles. The third kappa shape index (κ3) is 5.98. The molecule has 0 aliphatic rings. The maximum Gasteiger partial charge on any atom is 0.340 e. The number of ether oxygens (including phenoxy) is 2. The standard InChI is InChI=1S/C20H24ClNO3/c1-14-10-15(2)12-17(11-14)25-9-5-4-8-22-19-7-6-16(21)13-18(19)20(23)24-3/h6-7,10-13,22H,4-5,8-9H2,1-3H3. The van der Waals surface area contributed by atoms with Crippen LogP contribution in [0.5, 0.6) is 5.75 Å². The Morgan fingerprint density at radius 2 is 1.80 bits per heavy atom. The van der Waals surface area contributed by atoms with Gasteiger partial charge in [-0.3, -0.25) is 0 Å². The van der Waals surface area contributed by atoms with Crippen LogP contribution in [0, 0.1) is 13.8 Å². The number of aryl methyl sites for hydroxylation is 2. The molecule has 1 N–H and O–H groups in total. The normalized spacial score (nSPS) is 10.4. The summed E-state index contributed by atoms with van der Waals surface area (Å²) >= 11 is 5.95. The van der Waals surface area contributed by atoms with Crippen molar-refractivity contribution in [1.82, 2.24) is 0 Å². The van der Waals surface area contributed by atoms with Crippen molar-refractivity contribution < 1.29 is 14.3 Å². The smallest absolute Gasteiger partial charge is 0.340 e. The van der Waals surface area contributed by atoms with E-state index in [4.69, 9.17) is 21.1 Å². The number of benzene rings is 2. The zero-order valence-electron chi connectivity index (χ0n) is 14.9. The van der Waals surface area contributed by atoms with E-state index in [0.717, 1.165) is 30.8 Å². The largest absolute Gasteiger partial charge is 0.494 e. The Morgan fingerprint density at radius 1 is 1.08 bits per heavy atom. The first-order valence-corrected chi connectivity index (χ1v) is 8.70. The minimum absolute atomic E-state index is 0.400. The van der Waals surface area contributed by atoms with Crippen LogP contribution in [0.1, 0.15) is 34.3 Å². The van der Waals surface area contributed by atoms with Crippen molar-refractivity contribution in [3.05, 3.63) is 58.1 Å². The number of esters is 1. The van der Waals surface area contributed by atoms with E-state index in [-0.39, 0.29) is 0 Å².